The predicted octanol–water partition coefficient (Wildman–Crippen LogP) is 1.12. The van der Waals surface area contributed by atoms with Gasteiger partial charge in [0.05, 0.1) is 19.8 Å². The van der Waals surface area contributed by atoms with Crippen LogP contribution in [-0.4, -0.2) is 41.3 Å². The third-order valence-corrected chi connectivity index (χ3v) is 2.43. The van der Waals surface area contributed by atoms with Crippen molar-refractivity contribution >= 4 is 17.5 Å². The van der Waals surface area contributed by atoms with Gasteiger partial charge in [-0.25, -0.2) is 0 Å². The highest BCUT2D eigenvalue weighted by atomic mass is 35.5. The van der Waals surface area contributed by atoms with Gasteiger partial charge in [-0.1, -0.05) is 0 Å². The van der Waals surface area contributed by atoms with E-state index in [1.807, 2.05) is 0 Å². The molecule has 6 nitrogen and oxygen atoms in total. The van der Waals surface area contributed by atoms with Crippen LogP contribution in [0.25, 0.3) is 0 Å². The normalized spacial score (nSPS) is 20.5. The lowest BCUT2D eigenvalue weighted by molar-refractivity contribution is 0.0873. The summed E-state index contributed by atoms with van der Waals surface area (Å²) in [5.41, 5.74) is 0. The maximum atomic E-state index is 5.73. The Balaban J connectivity index is 2.04. The SMILES string of the molecule is COc1nc(Cl)nc(NC2CCCOC2)n1. The summed E-state index contributed by atoms with van der Waals surface area (Å²) in [4.78, 5) is 11.8. The highest BCUT2D eigenvalue weighted by Gasteiger charge is 2.15. The van der Waals surface area contributed by atoms with E-state index < -0.39 is 0 Å². The lowest BCUT2D eigenvalue weighted by Gasteiger charge is -2.22. The van der Waals surface area contributed by atoms with Crippen molar-refractivity contribution in [2.24, 2.45) is 0 Å². The molecule has 2 heterocycles. The second-order valence-corrected chi connectivity index (χ2v) is 3.81. The molecule has 1 N–H and O–H groups in total. The lowest BCUT2D eigenvalue weighted by atomic mass is 10.1. The number of hydrogen-bond acceptors (Lipinski definition) is 6. The molecule has 0 aromatic carbocycles. The molecule has 1 aromatic rings. The number of rotatable bonds is 3. The molecule has 1 aliphatic rings. The maximum absolute atomic E-state index is 5.73. The van der Waals surface area contributed by atoms with Crippen LogP contribution in [0.2, 0.25) is 5.28 Å². The molecule has 88 valence electrons. The molecule has 1 unspecified atom stereocenters. The van der Waals surface area contributed by atoms with E-state index in [9.17, 15) is 0 Å². The molecule has 16 heavy (non-hydrogen) atoms. The van der Waals surface area contributed by atoms with Crippen molar-refractivity contribution in [2.45, 2.75) is 18.9 Å². The highest BCUT2D eigenvalue weighted by Crippen LogP contribution is 2.14. The van der Waals surface area contributed by atoms with E-state index in [0.717, 1.165) is 19.4 Å². The fourth-order valence-electron chi connectivity index (χ4n) is 1.52. The Morgan fingerprint density at radius 3 is 3.00 bits per heavy atom. The molecule has 0 aliphatic carbocycles. The molecule has 0 amide bonds. The van der Waals surface area contributed by atoms with Crippen molar-refractivity contribution in [3.8, 4) is 6.01 Å². The summed E-state index contributed by atoms with van der Waals surface area (Å²) in [6.07, 6.45) is 2.07. The Bertz CT molecular complexity index is 357. The predicted molar refractivity (Wildman–Crippen MR) is 58.9 cm³/mol. The van der Waals surface area contributed by atoms with Crippen LogP contribution in [0.4, 0.5) is 5.95 Å². The van der Waals surface area contributed by atoms with Crippen LogP contribution in [-0.2, 0) is 4.74 Å². The molecule has 1 saturated heterocycles. The Morgan fingerprint density at radius 2 is 2.31 bits per heavy atom. The van der Waals surface area contributed by atoms with Crippen molar-refractivity contribution < 1.29 is 9.47 Å². The Labute approximate surface area is 98.4 Å². The maximum Gasteiger partial charge on any atom is 0.322 e. The topological polar surface area (TPSA) is 69.2 Å². The van der Waals surface area contributed by atoms with Crippen LogP contribution in [0.5, 0.6) is 6.01 Å². The van der Waals surface area contributed by atoms with Gasteiger partial charge in [0.1, 0.15) is 0 Å². The molecule has 1 fully saturated rings. The lowest BCUT2D eigenvalue weighted by Crippen LogP contribution is -2.30. The van der Waals surface area contributed by atoms with Gasteiger partial charge in [-0.2, -0.15) is 15.0 Å². The quantitative estimate of drug-likeness (QED) is 0.860. The first-order chi connectivity index (χ1) is 7.78. The summed E-state index contributed by atoms with van der Waals surface area (Å²) >= 11 is 5.73. The van der Waals surface area contributed by atoms with E-state index in [-0.39, 0.29) is 17.3 Å². The summed E-state index contributed by atoms with van der Waals surface area (Å²) in [6.45, 7) is 1.48. The average Bonchev–Trinajstić information content (AvgIpc) is 2.29. The van der Waals surface area contributed by atoms with Gasteiger partial charge in [0.25, 0.3) is 0 Å². The molecule has 2 rings (SSSR count). The molecule has 1 aliphatic heterocycles. The fraction of sp³-hybridized carbons (Fsp3) is 0.667. The van der Waals surface area contributed by atoms with Gasteiger partial charge in [-0.3, -0.25) is 0 Å². The van der Waals surface area contributed by atoms with E-state index >= 15 is 0 Å². The first-order valence-corrected chi connectivity index (χ1v) is 5.45. The number of aromatic nitrogens is 3. The van der Waals surface area contributed by atoms with E-state index in [4.69, 9.17) is 21.1 Å². The van der Waals surface area contributed by atoms with E-state index in [0.29, 0.717) is 12.6 Å². The fourth-order valence-corrected chi connectivity index (χ4v) is 1.68. The number of hydrogen-bond donors (Lipinski definition) is 1. The summed E-state index contributed by atoms with van der Waals surface area (Å²) < 4.78 is 10.3. The molecule has 0 radical (unpaired) electrons. The summed E-state index contributed by atoms with van der Waals surface area (Å²) in [5, 5.41) is 3.26. The standard InChI is InChI=1S/C9H13ClN4O2/c1-15-9-13-7(10)12-8(14-9)11-6-3-2-4-16-5-6/h6H,2-5H2,1H3,(H,11,12,13,14). The van der Waals surface area contributed by atoms with Crippen LogP contribution >= 0.6 is 11.6 Å². The Hall–Kier alpha value is -1.14. The summed E-state index contributed by atoms with van der Waals surface area (Å²) in [5.74, 6) is 0.423. The van der Waals surface area contributed by atoms with Crippen LogP contribution in [0.1, 0.15) is 12.8 Å². The van der Waals surface area contributed by atoms with Crippen molar-refractivity contribution in [3.05, 3.63) is 5.28 Å². The summed E-state index contributed by atoms with van der Waals surface area (Å²) in [6, 6.07) is 0.427. The van der Waals surface area contributed by atoms with E-state index in [1.54, 1.807) is 0 Å². The van der Waals surface area contributed by atoms with Gasteiger partial charge in [0.2, 0.25) is 11.2 Å². The van der Waals surface area contributed by atoms with Crippen LogP contribution in [0, 0.1) is 0 Å². The molecule has 1 aromatic heterocycles. The van der Waals surface area contributed by atoms with Crippen molar-refractivity contribution in [1.29, 1.82) is 0 Å². The monoisotopic (exact) mass is 244 g/mol. The van der Waals surface area contributed by atoms with Crippen molar-refractivity contribution in [1.82, 2.24) is 15.0 Å². The van der Waals surface area contributed by atoms with Gasteiger partial charge < -0.3 is 14.8 Å². The summed E-state index contributed by atoms with van der Waals surface area (Å²) in [7, 11) is 1.49. The van der Waals surface area contributed by atoms with E-state index in [1.165, 1.54) is 7.11 Å². The van der Waals surface area contributed by atoms with Gasteiger partial charge >= 0.3 is 6.01 Å². The number of halogens is 1. The smallest absolute Gasteiger partial charge is 0.322 e. The number of nitrogens with zero attached hydrogens (tertiary/aromatic N) is 3. The van der Waals surface area contributed by atoms with Gasteiger partial charge in [-0.15, -0.1) is 0 Å². The van der Waals surface area contributed by atoms with Crippen LogP contribution < -0.4 is 10.1 Å². The minimum Gasteiger partial charge on any atom is -0.467 e. The minimum absolute atomic E-state index is 0.117. The van der Waals surface area contributed by atoms with Gasteiger partial charge in [0.15, 0.2) is 0 Å². The van der Waals surface area contributed by atoms with Gasteiger partial charge in [-0.05, 0) is 24.4 Å². The molecular formula is C9H13ClN4O2. The third-order valence-electron chi connectivity index (χ3n) is 2.26. The van der Waals surface area contributed by atoms with Crippen LogP contribution in [0.3, 0.4) is 0 Å². The second-order valence-electron chi connectivity index (χ2n) is 3.47. The zero-order valence-electron chi connectivity index (χ0n) is 8.94. The van der Waals surface area contributed by atoms with E-state index in [2.05, 4.69) is 20.3 Å². The number of ether oxygens (including phenoxy) is 2. The van der Waals surface area contributed by atoms with Crippen molar-refractivity contribution in [2.75, 3.05) is 25.6 Å². The molecule has 7 heteroatoms. The number of anilines is 1. The number of nitrogens with one attached hydrogen (secondary N) is 1. The minimum atomic E-state index is 0.117. The van der Waals surface area contributed by atoms with Crippen LogP contribution in [0.15, 0.2) is 0 Å². The first kappa shape index (κ1) is 11.3. The average molecular weight is 245 g/mol. The third kappa shape index (κ3) is 2.93. The number of methoxy groups -OCH3 is 1. The first-order valence-electron chi connectivity index (χ1n) is 5.08. The zero-order valence-corrected chi connectivity index (χ0v) is 9.70. The largest absolute Gasteiger partial charge is 0.467 e. The highest BCUT2D eigenvalue weighted by molar-refractivity contribution is 6.28. The Kier molecular flexibility index (Phi) is 3.74. The second kappa shape index (κ2) is 5.27. The molecule has 0 saturated carbocycles. The molecule has 0 spiro atoms. The van der Waals surface area contributed by atoms with Crippen molar-refractivity contribution in [3.63, 3.8) is 0 Å². The van der Waals surface area contributed by atoms with Gasteiger partial charge in [0, 0.05) is 6.61 Å². The molecular weight excluding hydrogens is 232 g/mol. The zero-order chi connectivity index (χ0) is 11.4. The molecule has 0 bridgehead atoms. The molecule has 1 atom stereocenters. The Morgan fingerprint density at radius 1 is 1.44 bits per heavy atom.